The number of carbonyl (C=O) groups excluding carboxylic acids is 1. The first kappa shape index (κ1) is 19.0. The largest absolute Gasteiger partial charge is 0.391 e. The Kier molecular flexibility index (Phi) is 7.55. The van der Waals surface area contributed by atoms with Crippen LogP contribution in [0.2, 0.25) is 0 Å². The van der Waals surface area contributed by atoms with Crippen molar-refractivity contribution in [3.63, 3.8) is 0 Å². The maximum absolute atomic E-state index is 10.7. The van der Waals surface area contributed by atoms with Gasteiger partial charge in [0.25, 0.3) is 0 Å². The van der Waals surface area contributed by atoms with Gasteiger partial charge in [0, 0.05) is 26.2 Å². The predicted octanol–water partition coefficient (Wildman–Crippen LogP) is 3.79. The van der Waals surface area contributed by atoms with E-state index in [1.54, 1.807) is 0 Å². The van der Waals surface area contributed by atoms with Crippen LogP contribution in [0.25, 0.3) is 6.08 Å². The van der Waals surface area contributed by atoms with Gasteiger partial charge in [-0.15, -0.1) is 0 Å². The number of nitrogens with one attached hydrogen (secondary N) is 2. The highest BCUT2D eigenvalue weighted by atomic mass is 16.1. The molecular weight excluding hydrogens is 286 g/mol. The van der Waals surface area contributed by atoms with E-state index in [1.165, 1.54) is 5.56 Å². The van der Waals surface area contributed by atoms with Crippen molar-refractivity contribution in [2.75, 3.05) is 19.5 Å². The third-order valence-corrected chi connectivity index (χ3v) is 4.01. The predicted molar refractivity (Wildman–Crippen MR) is 99.3 cm³/mol. The molecule has 23 heavy (non-hydrogen) atoms. The third-order valence-electron chi connectivity index (χ3n) is 4.01. The Bertz CT molecular complexity index is 552. The fourth-order valence-corrected chi connectivity index (χ4v) is 2.47. The maximum Gasteiger partial charge on any atom is 0.120 e. The van der Waals surface area contributed by atoms with Crippen LogP contribution in [0.4, 0.5) is 5.69 Å². The fourth-order valence-electron chi connectivity index (χ4n) is 2.47. The molecule has 0 amide bonds. The van der Waals surface area contributed by atoms with Gasteiger partial charge in [-0.1, -0.05) is 39.1 Å². The summed E-state index contributed by atoms with van der Waals surface area (Å²) >= 11 is 0. The molecule has 1 aromatic rings. The van der Waals surface area contributed by atoms with Crippen molar-refractivity contribution in [1.82, 2.24) is 10.3 Å². The van der Waals surface area contributed by atoms with Gasteiger partial charge in [0.2, 0.25) is 0 Å². The fraction of sp³-hybridized carbons (Fsp3) is 0.421. The maximum atomic E-state index is 10.7. The van der Waals surface area contributed by atoms with Gasteiger partial charge in [-0.2, -0.15) is 0 Å². The summed E-state index contributed by atoms with van der Waals surface area (Å²) in [5.74, 6) is 0.477. The Hall–Kier alpha value is -2.07. The number of likely N-dealkylation sites (N-methyl/N-ethyl adjacent to an activating group) is 2. The molecule has 0 saturated heterocycles. The monoisotopic (exact) mass is 315 g/mol. The van der Waals surface area contributed by atoms with E-state index in [2.05, 4.69) is 55.9 Å². The van der Waals surface area contributed by atoms with E-state index in [9.17, 15) is 4.79 Å². The molecule has 126 valence electrons. The second-order valence-corrected chi connectivity index (χ2v) is 5.96. The van der Waals surface area contributed by atoms with Crippen LogP contribution in [-0.2, 0) is 4.79 Å². The van der Waals surface area contributed by atoms with Crippen LogP contribution in [0.1, 0.15) is 43.7 Å². The first-order valence-electron chi connectivity index (χ1n) is 8.00. The van der Waals surface area contributed by atoms with Gasteiger partial charge < -0.3 is 15.5 Å². The Morgan fingerprint density at radius 3 is 2.61 bits per heavy atom. The summed E-state index contributed by atoms with van der Waals surface area (Å²) in [7, 11) is 3.80. The molecule has 4 nitrogen and oxygen atoms in total. The van der Waals surface area contributed by atoms with Crippen LogP contribution in [0.3, 0.4) is 0 Å². The average molecular weight is 315 g/mol. The van der Waals surface area contributed by atoms with E-state index in [-0.39, 0.29) is 6.04 Å². The van der Waals surface area contributed by atoms with E-state index in [1.807, 2.05) is 25.2 Å². The van der Waals surface area contributed by atoms with Gasteiger partial charge in [-0.3, -0.25) is 0 Å². The number of hydrogen-bond acceptors (Lipinski definition) is 4. The highest BCUT2D eigenvalue weighted by Gasteiger charge is 2.18. The van der Waals surface area contributed by atoms with Gasteiger partial charge in [0.05, 0.1) is 11.7 Å². The molecule has 0 aliphatic rings. The summed E-state index contributed by atoms with van der Waals surface area (Å²) in [4.78, 5) is 10.7. The van der Waals surface area contributed by atoms with E-state index in [0.29, 0.717) is 18.8 Å². The van der Waals surface area contributed by atoms with Crippen LogP contribution in [0.15, 0.2) is 37.1 Å². The quantitative estimate of drug-likeness (QED) is 0.509. The van der Waals surface area contributed by atoms with Crippen LogP contribution >= 0.6 is 0 Å². The summed E-state index contributed by atoms with van der Waals surface area (Å²) in [6, 6.07) is 6.37. The number of benzene rings is 1. The smallest absolute Gasteiger partial charge is 0.120 e. The first-order valence-corrected chi connectivity index (χ1v) is 8.00. The van der Waals surface area contributed by atoms with Crippen molar-refractivity contribution in [2.45, 2.75) is 38.6 Å². The lowest BCUT2D eigenvalue weighted by Crippen LogP contribution is -2.40. The van der Waals surface area contributed by atoms with E-state index < -0.39 is 0 Å². The molecule has 4 heteroatoms. The van der Waals surface area contributed by atoms with Gasteiger partial charge in [-0.25, -0.2) is 5.01 Å². The Labute approximate surface area is 140 Å². The van der Waals surface area contributed by atoms with E-state index in [0.717, 1.165) is 23.2 Å². The van der Waals surface area contributed by atoms with Crippen LogP contribution in [0, 0.1) is 0 Å². The zero-order valence-corrected chi connectivity index (χ0v) is 14.7. The Morgan fingerprint density at radius 2 is 2.09 bits per heavy atom. The first-order chi connectivity index (χ1) is 10.9. The van der Waals surface area contributed by atoms with Crippen molar-refractivity contribution in [3.8, 4) is 0 Å². The minimum absolute atomic E-state index is 0.0210. The SMILES string of the molecule is C=Cc1cc(C(C)C)ccc1NN(C)C(CCC=O)C(=C)NC. The molecule has 0 radical (unpaired) electrons. The molecule has 1 rings (SSSR count). The normalized spacial score (nSPS) is 12.1. The minimum atomic E-state index is 0.0210. The topological polar surface area (TPSA) is 44.4 Å². The zero-order valence-electron chi connectivity index (χ0n) is 14.7. The summed E-state index contributed by atoms with van der Waals surface area (Å²) < 4.78 is 0. The van der Waals surface area contributed by atoms with Crippen molar-refractivity contribution in [1.29, 1.82) is 0 Å². The third kappa shape index (κ3) is 5.25. The molecule has 0 aliphatic carbocycles. The molecule has 0 heterocycles. The summed E-state index contributed by atoms with van der Waals surface area (Å²) in [5.41, 5.74) is 7.61. The molecular formula is C19H29N3O. The van der Waals surface area contributed by atoms with Gasteiger partial charge in [-0.05, 0) is 35.6 Å². The second-order valence-electron chi connectivity index (χ2n) is 5.96. The summed E-state index contributed by atoms with van der Waals surface area (Å²) in [5, 5.41) is 5.07. The lowest BCUT2D eigenvalue weighted by atomic mass is 10.00. The molecule has 1 unspecified atom stereocenters. The highest BCUT2D eigenvalue weighted by molar-refractivity contribution is 5.66. The lowest BCUT2D eigenvalue weighted by molar-refractivity contribution is -0.108. The van der Waals surface area contributed by atoms with Crippen molar-refractivity contribution in [3.05, 3.63) is 48.2 Å². The Balaban J connectivity index is 2.96. The van der Waals surface area contributed by atoms with Crippen molar-refractivity contribution >= 4 is 18.0 Å². The number of nitrogens with zero attached hydrogens (tertiary/aromatic N) is 1. The van der Waals surface area contributed by atoms with Gasteiger partial charge in [0.15, 0.2) is 0 Å². The van der Waals surface area contributed by atoms with Crippen molar-refractivity contribution < 1.29 is 4.79 Å². The van der Waals surface area contributed by atoms with E-state index in [4.69, 9.17) is 0 Å². The molecule has 0 aliphatic heterocycles. The number of hydrogen-bond donors (Lipinski definition) is 2. The lowest BCUT2D eigenvalue weighted by Gasteiger charge is -2.31. The Morgan fingerprint density at radius 1 is 1.39 bits per heavy atom. The molecule has 0 saturated carbocycles. The number of anilines is 1. The standard InChI is InChI=1S/C19H29N3O/c1-7-16-13-17(14(2)3)10-11-18(16)21-22(6)19(9-8-12-23)15(4)20-5/h7,10-14,19-21H,1,4,8-9H2,2-3,5-6H3. The number of carbonyl (C=O) groups is 1. The molecule has 0 spiro atoms. The number of rotatable bonds is 10. The number of hydrazine groups is 1. The molecule has 0 fully saturated rings. The van der Waals surface area contributed by atoms with E-state index >= 15 is 0 Å². The minimum Gasteiger partial charge on any atom is -0.391 e. The molecule has 0 aromatic heterocycles. The van der Waals surface area contributed by atoms with Crippen molar-refractivity contribution in [2.24, 2.45) is 0 Å². The number of aldehydes is 1. The van der Waals surface area contributed by atoms with Gasteiger partial charge >= 0.3 is 0 Å². The molecule has 2 N–H and O–H groups in total. The van der Waals surface area contributed by atoms with Crippen LogP contribution in [0.5, 0.6) is 0 Å². The summed E-state index contributed by atoms with van der Waals surface area (Å²) in [6.45, 7) is 12.3. The summed E-state index contributed by atoms with van der Waals surface area (Å²) in [6.07, 6.45) is 4.00. The average Bonchev–Trinajstić information content (AvgIpc) is 2.54. The zero-order chi connectivity index (χ0) is 17.4. The molecule has 1 atom stereocenters. The highest BCUT2D eigenvalue weighted by Crippen LogP contribution is 2.24. The molecule has 1 aromatic carbocycles. The second kappa shape index (κ2) is 9.16. The van der Waals surface area contributed by atoms with Gasteiger partial charge in [0.1, 0.15) is 6.29 Å². The molecule has 0 bridgehead atoms. The van der Waals surface area contributed by atoms with Crippen LogP contribution < -0.4 is 10.7 Å². The van der Waals surface area contributed by atoms with Crippen LogP contribution in [-0.4, -0.2) is 31.4 Å².